The van der Waals surface area contributed by atoms with Crippen LogP contribution >= 0.6 is 0 Å². The van der Waals surface area contributed by atoms with Gasteiger partial charge in [0.1, 0.15) is 5.69 Å². The Morgan fingerprint density at radius 1 is 1.71 bits per heavy atom. The van der Waals surface area contributed by atoms with Crippen molar-refractivity contribution in [3.63, 3.8) is 0 Å². The normalized spacial score (nSPS) is 10.5. The second kappa shape index (κ2) is 4.61. The lowest BCUT2D eigenvalue weighted by Crippen LogP contribution is -2.31. The first-order chi connectivity index (χ1) is 6.61. The Kier molecular flexibility index (Phi) is 3.47. The zero-order valence-corrected chi connectivity index (χ0v) is 8.37. The highest BCUT2D eigenvalue weighted by atomic mass is 16.1. The lowest BCUT2D eigenvalue weighted by atomic mass is 10.3. The molecule has 1 aromatic heterocycles. The van der Waals surface area contributed by atoms with Crippen molar-refractivity contribution < 1.29 is 4.79 Å². The van der Waals surface area contributed by atoms with Gasteiger partial charge < -0.3 is 16.0 Å². The Balaban J connectivity index is 2.40. The summed E-state index contributed by atoms with van der Waals surface area (Å²) >= 11 is 0. The van der Waals surface area contributed by atoms with Crippen LogP contribution in [0, 0.1) is 0 Å². The zero-order valence-electron chi connectivity index (χ0n) is 8.37. The minimum atomic E-state index is -0.221. The SMILES string of the molecule is CN(C)CCNC(=O)c1[nH]ncc1N. The van der Waals surface area contributed by atoms with Gasteiger partial charge in [-0.05, 0) is 14.1 Å². The van der Waals surface area contributed by atoms with Crippen LogP contribution in [0.4, 0.5) is 5.69 Å². The average Bonchev–Trinajstić information content (AvgIpc) is 2.50. The molecule has 4 N–H and O–H groups in total. The maximum atomic E-state index is 11.4. The maximum Gasteiger partial charge on any atom is 0.271 e. The summed E-state index contributed by atoms with van der Waals surface area (Å²) in [5.74, 6) is -0.221. The van der Waals surface area contributed by atoms with E-state index in [4.69, 9.17) is 5.73 Å². The fraction of sp³-hybridized carbons (Fsp3) is 0.500. The van der Waals surface area contributed by atoms with Crippen molar-refractivity contribution in [2.75, 3.05) is 32.9 Å². The number of likely N-dealkylation sites (N-methyl/N-ethyl adjacent to an activating group) is 1. The highest BCUT2D eigenvalue weighted by Gasteiger charge is 2.10. The highest BCUT2D eigenvalue weighted by Crippen LogP contribution is 2.04. The van der Waals surface area contributed by atoms with Crippen LogP contribution in [0.1, 0.15) is 10.5 Å². The van der Waals surface area contributed by atoms with Crippen LogP contribution in [-0.4, -0.2) is 48.2 Å². The number of hydrogen-bond acceptors (Lipinski definition) is 4. The first kappa shape index (κ1) is 10.5. The number of rotatable bonds is 4. The van der Waals surface area contributed by atoms with Crippen molar-refractivity contribution in [1.82, 2.24) is 20.4 Å². The van der Waals surface area contributed by atoms with E-state index in [0.29, 0.717) is 17.9 Å². The second-order valence-electron chi connectivity index (χ2n) is 3.26. The summed E-state index contributed by atoms with van der Waals surface area (Å²) in [4.78, 5) is 13.4. The third-order valence-corrected chi connectivity index (χ3v) is 1.74. The largest absolute Gasteiger partial charge is 0.396 e. The number of aromatic amines is 1. The smallest absolute Gasteiger partial charge is 0.271 e. The zero-order chi connectivity index (χ0) is 10.6. The summed E-state index contributed by atoms with van der Waals surface area (Å²) in [6.45, 7) is 1.38. The van der Waals surface area contributed by atoms with Gasteiger partial charge in [0.05, 0.1) is 11.9 Å². The van der Waals surface area contributed by atoms with E-state index in [1.54, 1.807) is 0 Å². The Morgan fingerprint density at radius 2 is 2.43 bits per heavy atom. The van der Waals surface area contributed by atoms with E-state index in [9.17, 15) is 4.79 Å². The van der Waals surface area contributed by atoms with Crippen molar-refractivity contribution in [2.24, 2.45) is 0 Å². The fourth-order valence-corrected chi connectivity index (χ4v) is 0.959. The van der Waals surface area contributed by atoms with E-state index in [0.717, 1.165) is 6.54 Å². The molecular formula is C8H15N5O. The summed E-state index contributed by atoms with van der Waals surface area (Å²) in [6, 6.07) is 0. The number of carbonyl (C=O) groups is 1. The van der Waals surface area contributed by atoms with E-state index >= 15 is 0 Å². The van der Waals surface area contributed by atoms with Crippen LogP contribution in [0.3, 0.4) is 0 Å². The molecule has 1 amide bonds. The van der Waals surface area contributed by atoms with Crippen LogP contribution in [0.25, 0.3) is 0 Å². The van der Waals surface area contributed by atoms with Gasteiger partial charge in [0.25, 0.3) is 5.91 Å². The van der Waals surface area contributed by atoms with Gasteiger partial charge in [-0.2, -0.15) is 5.10 Å². The van der Waals surface area contributed by atoms with Crippen LogP contribution in [-0.2, 0) is 0 Å². The number of H-pyrrole nitrogens is 1. The lowest BCUT2D eigenvalue weighted by Gasteiger charge is -2.09. The summed E-state index contributed by atoms with van der Waals surface area (Å²) < 4.78 is 0. The molecule has 0 saturated heterocycles. The number of anilines is 1. The molecule has 78 valence electrons. The molecule has 1 heterocycles. The molecule has 0 aliphatic carbocycles. The number of nitrogens with zero attached hydrogens (tertiary/aromatic N) is 2. The Hall–Kier alpha value is -1.56. The van der Waals surface area contributed by atoms with E-state index in [2.05, 4.69) is 15.5 Å². The quantitative estimate of drug-likeness (QED) is 0.594. The number of aromatic nitrogens is 2. The molecular weight excluding hydrogens is 182 g/mol. The van der Waals surface area contributed by atoms with E-state index in [1.807, 2.05) is 19.0 Å². The first-order valence-corrected chi connectivity index (χ1v) is 4.33. The molecule has 0 radical (unpaired) electrons. The molecule has 1 rings (SSSR count). The van der Waals surface area contributed by atoms with Gasteiger partial charge in [0, 0.05) is 13.1 Å². The third kappa shape index (κ3) is 2.74. The summed E-state index contributed by atoms with van der Waals surface area (Å²) in [7, 11) is 3.88. The molecule has 0 unspecified atom stereocenters. The van der Waals surface area contributed by atoms with Crippen molar-refractivity contribution >= 4 is 11.6 Å². The molecule has 0 aliphatic heterocycles. The lowest BCUT2D eigenvalue weighted by molar-refractivity contribution is 0.0947. The molecule has 0 spiro atoms. The molecule has 6 heteroatoms. The van der Waals surface area contributed by atoms with Crippen LogP contribution in [0.2, 0.25) is 0 Å². The van der Waals surface area contributed by atoms with Crippen LogP contribution in [0.15, 0.2) is 6.20 Å². The second-order valence-corrected chi connectivity index (χ2v) is 3.26. The molecule has 6 nitrogen and oxygen atoms in total. The molecule has 14 heavy (non-hydrogen) atoms. The fourth-order valence-electron chi connectivity index (χ4n) is 0.959. The summed E-state index contributed by atoms with van der Waals surface area (Å²) in [6.07, 6.45) is 1.42. The van der Waals surface area contributed by atoms with E-state index in [-0.39, 0.29) is 5.91 Å². The Morgan fingerprint density at radius 3 is 2.93 bits per heavy atom. The third-order valence-electron chi connectivity index (χ3n) is 1.74. The van der Waals surface area contributed by atoms with Gasteiger partial charge in [-0.3, -0.25) is 9.89 Å². The molecule has 0 saturated carbocycles. The topological polar surface area (TPSA) is 87.0 Å². The minimum Gasteiger partial charge on any atom is -0.396 e. The predicted molar refractivity (Wildman–Crippen MR) is 53.9 cm³/mol. The predicted octanol–water partition coefficient (Wildman–Crippen LogP) is -0.717. The Labute approximate surface area is 82.5 Å². The van der Waals surface area contributed by atoms with Gasteiger partial charge >= 0.3 is 0 Å². The Bertz CT molecular complexity index is 306. The number of nitrogens with one attached hydrogen (secondary N) is 2. The van der Waals surface area contributed by atoms with Gasteiger partial charge in [-0.25, -0.2) is 0 Å². The number of hydrogen-bond donors (Lipinski definition) is 3. The average molecular weight is 197 g/mol. The van der Waals surface area contributed by atoms with Crippen LogP contribution < -0.4 is 11.1 Å². The number of amides is 1. The summed E-state index contributed by atoms with van der Waals surface area (Å²) in [5, 5.41) is 8.93. The van der Waals surface area contributed by atoms with Gasteiger partial charge in [0.2, 0.25) is 0 Å². The van der Waals surface area contributed by atoms with Crippen molar-refractivity contribution in [2.45, 2.75) is 0 Å². The standard InChI is InChI=1S/C8H15N5O/c1-13(2)4-3-10-8(14)7-6(9)5-11-12-7/h5H,3-4,9H2,1-2H3,(H,10,14)(H,11,12). The molecule has 0 bridgehead atoms. The van der Waals surface area contributed by atoms with Crippen LogP contribution in [0.5, 0.6) is 0 Å². The molecule has 0 fully saturated rings. The number of nitrogens with two attached hydrogens (primary N) is 1. The monoisotopic (exact) mass is 197 g/mol. The van der Waals surface area contributed by atoms with Crippen molar-refractivity contribution in [3.05, 3.63) is 11.9 Å². The van der Waals surface area contributed by atoms with Gasteiger partial charge in [-0.15, -0.1) is 0 Å². The molecule has 0 aliphatic rings. The van der Waals surface area contributed by atoms with Crippen molar-refractivity contribution in [3.8, 4) is 0 Å². The van der Waals surface area contributed by atoms with E-state index in [1.165, 1.54) is 6.20 Å². The van der Waals surface area contributed by atoms with Crippen molar-refractivity contribution in [1.29, 1.82) is 0 Å². The molecule has 0 atom stereocenters. The summed E-state index contributed by atoms with van der Waals surface area (Å²) in [5.41, 5.74) is 6.20. The number of carbonyl (C=O) groups excluding carboxylic acids is 1. The maximum absolute atomic E-state index is 11.4. The highest BCUT2D eigenvalue weighted by molar-refractivity contribution is 5.96. The molecule has 0 aromatic carbocycles. The number of nitrogen functional groups attached to an aromatic ring is 1. The van der Waals surface area contributed by atoms with Gasteiger partial charge in [0.15, 0.2) is 0 Å². The van der Waals surface area contributed by atoms with E-state index < -0.39 is 0 Å². The first-order valence-electron chi connectivity index (χ1n) is 4.33. The molecule has 1 aromatic rings. The van der Waals surface area contributed by atoms with Gasteiger partial charge in [-0.1, -0.05) is 0 Å². The minimum absolute atomic E-state index is 0.221.